The van der Waals surface area contributed by atoms with Crippen molar-refractivity contribution in [2.24, 2.45) is 11.8 Å². The lowest BCUT2D eigenvalue weighted by Gasteiger charge is -2.32. The Morgan fingerprint density at radius 3 is 2.44 bits per heavy atom. The summed E-state index contributed by atoms with van der Waals surface area (Å²) in [6.07, 6.45) is 3.36. The van der Waals surface area contributed by atoms with Crippen molar-refractivity contribution in [3.63, 3.8) is 0 Å². The molecule has 3 atom stereocenters. The highest BCUT2D eigenvalue weighted by atomic mass is 16.5. The first-order valence-corrected chi connectivity index (χ1v) is 7.10. The molecule has 18 heavy (non-hydrogen) atoms. The first kappa shape index (κ1) is 15.9. The summed E-state index contributed by atoms with van der Waals surface area (Å²) in [5.74, 6) is 1.59. The van der Waals surface area contributed by atoms with E-state index in [9.17, 15) is 5.11 Å². The van der Waals surface area contributed by atoms with Gasteiger partial charge in [0.05, 0.1) is 25.9 Å². The van der Waals surface area contributed by atoms with E-state index in [4.69, 9.17) is 9.47 Å². The zero-order chi connectivity index (χ0) is 13.4. The molecular formula is C14H29NO3. The fourth-order valence-corrected chi connectivity index (χ4v) is 2.84. The molecule has 0 radical (unpaired) electrons. The zero-order valence-electron chi connectivity index (χ0n) is 12.0. The normalized spacial score (nSPS) is 30.3. The second kappa shape index (κ2) is 8.86. The maximum absolute atomic E-state index is 9.78. The van der Waals surface area contributed by atoms with Gasteiger partial charge in [0.1, 0.15) is 0 Å². The van der Waals surface area contributed by atoms with Crippen molar-refractivity contribution in [2.45, 2.75) is 45.3 Å². The third-order valence-corrected chi connectivity index (χ3v) is 3.56. The molecule has 0 aromatic heterocycles. The molecule has 1 saturated carbocycles. The van der Waals surface area contributed by atoms with Gasteiger partial charge in [0, 0.05) is 19.7 Å². The van der Waals surface area contributed by atoms with Gasteiger partial charge in [-0.25, -0.2) is 0 Å². The molecule has 1 rings (SSSR count). The maximum Gasteiger partial charge on any atom is 0.0897 e. The Balaban J connectivity index is 2.08. The van der Waals surface area contributed by atoms with Crippen LogP contribution in [0, 0.1) is 11.8 Å². The molecule has 4 nitrogen and oxygen atoms in total. The quantitative estimate of drug-likeness (QED) is 0.647. The van der Waals surface area contributed by atoms with Crippen LogP contribution >= 0.6 is 0 Å². The molecule has 0 aromatic rings. The predicted octanol–water partition coefficient (Wildman–Crippen LogP) is 1.42. The van der Waals surface area contributed by atoms with E-state index in [0.717, 1.165) is 11.8 Å². The fraction of sp³-hybridized carbons (Fsp3) is 1.00. The molecular weight excluding hydrogens is 230 g/mol. The Morgan fingerprint density at radius 1 is 1.17 bits per heavy atom. The topological polar surface area (TPSA) is 50.7 Å². The number of aliphatic hydroxyl groups is 1. The molecule has 0 spiro atoms. The van der Waals surface area contributed by atoms with E-state index < -0.39 is 6.10 Å². The van der Waals surface area contributed by atoms with Crippen LogP contribution in [0.3, 0.4) is 0 Å². The summed E-state index contributed by atoms with van der Waals surface area (Å²) in [6, 6.07) is 0.553. The van der Waals surface area contributed by atoms with E-state index in [-0.39, 0.29) is 0 Å². The van der Waals surface area contributed by atoms with E-state index >= 15 is 0 Å². The minimum atomic E-state index is -0.422. The van der Waals surface area contributed by atoms with Crippen LogP contribution in [0.1, 0.15) is 33.1 Å². The highest BCUT2D eigenvalue weighted by molar-refractivity contribution is 4.80. The van der Waals surface area contributed by atoms with Gasteiger partial charge in [0.15, 0.2) is 0 Å². The third kappa shape index (κ3) is 6.69. The average Bonchev–Trinajstić information content (AvgIpc) is 2.31. The van der Waals surface area contributed by atoms with Crippen molar-refractivity contribution in [1.82, 2.24) is 5.32 Å². The molecule has 0 bridgehead atoms. The van der Waals surface area contributed by atoms with Crippen LogP contribution in [0.15, 0.2) is 0 Å². The summed E-state index contributed by atoms with van der Waals surface area (Å²) in [5, 5.41) is 13.2. The van der Waals surface area contributed by atoms with E-state index in [0.29, 0.717) is 32.4 Å². The molecule has 4 heteroatoms. The van der Waals surface area contributed by atoms with Crippen LogP contribution in [0.2, 0.25) is 0 Å². The number of nitrogens with one attached hydrogen (secondary N) is 1. The van der Waals surface area contributed by atoms with Crippen LogP contribution in [-0.4, -0.2) is 50.7 Å². The van der Waals surface area contributed by atoms with E-state index in [2.05, 4.69) is 19.2 Å². The highest BCUT2D eigenvalue weighted by Crippen LogP contribution is 2.28. The van der Waals surface area contributed by atoms with E-state index in [1.54, 1.807) is 7.11 Å². The number of methoxy groups -OCH3 is 1. The average molecular weight is 259 g/mol. The molecule has 0 heterocycles. The monoisotopic (exact) mass is 259 g/mol. The van der Waals surface area contributed by atoms with Gasteiger partial charge in [-0.1, -0.05) is 13.8 Å². The van der Waals surface area contributed by atoms with Gasteiger partial charge in [-0.3, -0.25) is 0 Å². The van der Waals surface area contributed by atoms with Gasteiger partial charge in [-0.05, 0) is 31.1 Å². The van der Waals surface area contributed by atoms with Gasteiger partial charge in [-0.15, -0.1) is 0 Å². The molecule has 1 fully saturated rings. The van der Waals surface area contributed by atoms with Crippen molar-refractivity contribution >= 4 is 0 Å². The van der Waals surface area contributed by atoms with Crippen molar-refractivity contribution in [1.29, 1.82) is 0 Å². The number of hydrogen-bond acceptors (Lipinski definition) is 4. The van der Waals surface area contributed by atoms with Crippen molar-refractivity contribution in [3.05, 3.63) is 0 Å². The Kier molecular flexibility index (Phi) is 7.82. The summed E-state index contributed by atoms with van der Waals surface area (Å²) in [7, 11) is 1.65. The smallest absolute Gasteiger partial charge is 0.0897 e. The number of ether oxygens (including phenoxy) is 2. The lowest BCUT2D eigenvalue weighted by atomic mass is 9.80. The minimum absolute atomic E-state index is 0.383. The molecule has 3 unspecified atom stereocenters. The standard InChI is InChI=1S/C14H29NO3/c1-11-6-12(2)8-13(7-11)15-9-14(16)10-18-5-4-17-3/h11-16H,4-10H2,1-3H3. The molecule has 2 N–H and O–H groups in total. The van der Waals surface area contributed by atoms with E-state index in [1.165, 1.54) is 19.3 Å². The number of aliphatic hydroxyl groups excluding tert-OH is 1. The minimum Gasteiger partial charge on any atom is -0.389 e. The molecule has 108 valence electrons. The summed E-state index contributed by atoms with van der Waals surface area (Å²) in [5.41, 5.74) is 0. The van der Waals surface area contributed by atoms with Crippen molar-refractivity contribution in [3.8, 4) is 0 Å². The van der Waals surface area contributed by atoms with Crippen LogP contribution in [0.25, 0.3) is 0 Å². The Bertz CT molecular complexity index is 203. The first-order chi connectivity index (χ1) is 8.61. The second-order valence-electron chi connectivity index (χ2n) is 5.74. The molecule has 1 aliphatic carbocycles. The van der Waals surface area contributed by atoms with Crippen molar-refractivity contribution in [2.75, 3.05) is 33.5 Å². The van der Waals surface area contributed by atoms with Crippen LogP contribution in [0.5, 0.6) is 0 Å². The molecule has 0 aromatic carbocycles. The van der Waals surface area contributed by atoms with Gasteiger partial charge in [0.25, 0.3) is 0 Å². The Labute approximate surface area is 111 Å². The lowest BCUT2D eigenvalue weighted by Crippen LogP contribution is -2.41. The predicted molar refractivity (Wildman–Crippen MR) is 72.7 cm³/mol. The number of rotatable bonds is 8. The third-order valence-electron chi connectivity index (χ3n) is 3.56. The van der Waals surface area contributed by atoms with Crippen LogP contribution < -0.4 is 5.32 Å². The summed E-state index contributed by atoms with van der Waals surface area (Å²) >= 11 is 0. The highest BCUT2D eigenvalue weighted by Gasteiger charge is 2.23. The summed E-state index contributed by atoms with van der Waals surface area (Å²) < 4.78 is 10.2. The SMILES string of the molecule is COCCOCC(O)CNC1CC(C)CC(C)C1. The van der Waals surface area contributed by atoms with Gasteiger partial charge in [-0.2, -0.15) is 0 Å². The van der Waals surface area contributed by atoms with Gasteiger partial charge in [0.2, 0.25) is 0 Å². The first-order valence-electron chi connectivity index (χ1n) is 7.10. The molecule has 1 aliphatic rings. The van der Waals surface area contributed by atoms with Crippen LogP contribution in [-0.2, 0) is 9.47 Å². The van der Waals surface area contributed by atoms with Gasteiger partial charge < -0.3 is 19.9 Å². The Hall–Kier alpha value is -0.160. The molecule has 0 amide bonds. The largest absolute Gasteiger partial charge is 0.389 e. The lowest BCUT2D eigenvalue weighted by molar-refractivity contribution is 0.0119. The summed E-state index contributed by atoms with van der Waals surface area (Å²) in [6.45, 7) is 6.76. The summed E-state index contributed by atoms with van der Waals surface area (Å²) in [4.78, 5) is 0. The second-order valence-corrected chi connectivity index (χ2v) is 5.74. The molecule has 0 saturated heterocycles. The van der Waals surface area contributed by atoms with Crippen LogP contribution in [0.4, 0.5) is 0 Å². The fourth-order valence-electron chi connectivity index (χ4n) is 2.84. The molecule has 0 aliphatic heterocycles. The number of hydrogen-bond donors (Lipinski definition) is 2. The maximum atomic E-state index is 9.78. The van der Waals surface area contributed by atoms with Crippen molar-refractivity contribution < 1.29 is 14.6 Å². The zero-order valence-corrected chi connectivity index (χ0v) is 12.0. The van der Waals surface area contributed by atoms with E-state index in [1.807, 2.05) is 0 Å². The Morgan fingerprint density at radius 2 is 1.83 bits per heavy atom. The van der Waals surface area contributed by atoms with Gasteiger partial charge >= 0.3 is 0 Å².